The van der Waals surface area contributed by atoms with Gasteiger partial charge >= 0.3 is 0 Å². The predicted octanol–water partition coefficient (Wildman–Crippen LogP) is 2.06. The number of alkyl halides is 2. The van der Waals surface area contributed by atoms with Crippen LogP contribution in [0.15, 0.2) is 4.99 Å². The van der Waals surface area contributed by atoms with Gasteiger partial charge in [-0.1, -0.05) is 0 Å². The van der Waals surface area contributed by atoms with Gasteiger partial charge in [-0.2, -0.15) is 0 Å². The fourth-order valence-corrected chi connectivity index (χ4v) is 2.47. The zero-order valence-electron chi connectivity index (χ0n) is 8.80. The van der Waals surface area contributed by atoms with Crippen LogP contribution in [-0.2, 0) is 4.74 Å². The van der Waals surface area contributed by atoms with Crippen LogP contribution in [0.5, 0.6) is 0 Å². The summed E-state index contributed by atoms with van der Waals surface area (Å²) in [5.41, 5.74) is 5.06. The lowest BCUT2D eigenvalue weighted by Crippen LogP contribution is -2.48. The fourth-order valence-electron chi connectivity index (χ4n) is 2.47. The monoisotopic (exact) mass is 218 g/mol. The van der Waals surface area contributed by atoms with Crippen LogP contribution < -0.4 is 5.73 Å². The predicted molar refractivity (Wildman–Crippen MR) is 52.9 cm³/mol. The van der Waals surface area contributed by atoms with Crippen molar-refractivity contribution in [1.29, 1.82) is 0 Å². The van der Waals surface area contributed by atoms with Gasteiger partial charge in [0.1, 0.15) is 5.60 Å². The maximum atomic E-state index is 13.0. The molecule has 1 aliphatic carbocycles. The van der Waals surface area contributed by atoms with Crippen LogP contribution in [0, 0.1) is 0 Å². The highest BCUT2D eigenvalue weighted by Gasteiger charge is 2.47. The van der Waals surface area contributed by atoms with Crippen molar-refractivity contribution in [3.05, 3.63) is 0 Å². The molecule has 15 heavy (non-hydrogen) atoms. The Hall–Kier alpha value is -0.870. The number of hydrogen-bond acceptors (Lipinski definition) is 3. The molecule has 1 unspecified atom stereocenters. The molecule has 0 bridgehead atoms. The lowest BCUT2D eigenvalue weighted by Gasteiger charge is -2.42. The van der Waals surface area contributed by atoms with Gasteiger partial charge in [-0.15, -0.1) is 0 Å². The van der Waals surface area contributed by atoms with E-state index in [1.165, 1.54) is 0 Å². The van der Waals surface area contributed by atoms with E-state index in [0.29, 0.717) is 19.3 Å². The third-order valence-corrected chi connectivity index (χ3v) is 3.23. The Bertz CT molecular complexity index is 281. The maximum absolute atomic E-state index is 13.0. The van der Waals surface area contributed by atoms with E-state index in [0.717, 1.165) is 0 Å². The molecule has 0 aromatic heterocycles. The molecule has 5 heteroatoms. The van der Waals surface area contributed by atoms with E-state index in [4.69, 9.17) is 10.5 Å². The zero-order chi connectivity index (χ0) is 11.1. The second-order valence-electron chi connectivity index (χ2n) is 4.66. The van der Waals surface area contributed by atoms with E-state index < -0.39 is 11.5 Å². The molecular weight excluding hydrogens is 202 g/mol. The third-order valence-electron chi connectivity index (χ3n) is 3.23. The highest BCUT2D eigenvalue weighted by Crippen LogP contribution is 2.43. The molecule has 0 aromatic rings. The zero-order valence-corrected chi connectivity index (χ0v) is 8.80. The first-order valence-corrected chi connectivity index (χ1v) is 5.31. The second-order valence-corrected chi connectivity index (χ2v) is 4.66. The highest BCUT2D eigenvalue weighted by molar-refractivity contribution is 5.72. The number of hydrogen-bond donors (Lipinski definition) is 1. The molecule has 0 saturated heterocycles. The number of amidine groups is 1. The Labute approximate surface area is 87.7 Å². The molecule has 3 nitrogen and oxygen atoms in total. The molecule has 0 aromatic carbocycles. The molecule has 0 radical (unpaired) electrons. The van der Waals surface area contributed by atoms with E-state index in [-0.39, 0.29) is 24.9 Å². The lowest BCUT2D eigenvalue weighted by atomic mass is 9.78. The van der Waals surface area contributed by atoms with Gasteiger partial charge in [0.05, 0.1) is 6.04 Å². The summed E-state index contributed by atoms with van der Waals surface area (Å²) in [4.78, 5) is 4.05. The number of ether oxygens (including phenoxy) is 1. The van der Waals surface area contributed by atoms with Gasteiger partial charge < -0.3 is 10.5 Å². The molecule has 2 aliphatic rings. The number of nitrogens with two attached hydrogens (primary N) is 1. The highest BCUT2D eigenvalue weighted by atomic mass is 19.3. The first-order valence-electron chi connectivity index (χ1n) is 5.31. The molecule has 1 atom stereocenters. The molecule has 2 N–H and O–H groups in total. The summed E-state index contributed by atoms with van der Waals surface area (Å²) in [5, 5.41) is 0. The molecule has 1 saturated carbocycles. The van der Waals surface area contributed by atoms with Crippen molar-refractivity contribution in [3.63, 3.8) is 0 Å². The molecule has 1 fully saturated rings. The van der Waals surface area contributed by atoms with Crippen LogP contribution in [0.25, 0.3) is 0 Å². The summed E-state index contributed by atoms with van der Waals surface area (Å²) in [6.45, 7) is 1.93. The second kappa shape index (κ2) is 3.32. The molecule has 1 aliphatic heterocycles. The summed E-state index contributed by atoms with van der Waals surface area (Å²) in [6.07, 6.45) is 1.24. The minimum absolute atomic E-state index is 0.0745. The van der Waals surface area contributed by atoms with Crippen molar-refractivity contribution in [2.24, 2.45) is 10.7 Å². The number of aliphatic imine (C=N–C) groups is 1. The quantitative estimate of drug-likeness (QED) is 0.676. The van der Waals surface area contributed by atoms with Crippen molar-refractivity contribution in [3.8, 4) is 0 Å². The molecule has 1 heterocycles. The van der Waals surface area contributed by atoms with Crippen molar-refractivity contribution >= 4 is 6.02 Å². The summed E-state index contributed by atoms with van der Waals surface area (Å²) in [6, 6.07) is 0.226. The Balaban J connectivity index is 2.07. The standard InChI is InChI=1S/C10H16F2N2O/c1-7-6-9(15-8(13)14-7)2-4-10(11,12)5-3-9/h7H,2-6H2,1H3,(H2,13,14). The normalized spacial score (nSPS) is 33.3. The van der Waals surface area contributed by atoms with Gasteiger partial charge in [0.2, 0.25) is 5.92 Å². The van der Waals surface area contributed by atoms with Gasteiger partial charge in [-0.25, -0.2) is 13.8 Å². The topological polar surface area (TPSA) is 47.6 Å². The van der Waals surface area contributed by atoms with Gasteiger partial charge in [0.25, 0.3) is 6.02 Å². The van der Waals surface area contributed by atoms with Gasteiger partial charge in [0, 0.05) is 19.3 Å². The first-order chi connectivity index (χ1) is 6.91. The minimum Gasteiger partial charge on any atom is -0.459 e. The number of nitrogens with zero attached hydrogens (tertiary/aromatic N) is 1. The van der Waals surface area contributed by atoms with Crippen LogP contribution in [0.2, 0.25) is 0 Å². The van der Waals surface area contributed by atoms with E-state index in [2.05, 4.69) is 4.99 Å². The average molecular weight is 218 g/mol. The Morgan fingerprint density at radius 3 is 2.47 bits per heavy atom. The Morgan fingerprint density at radius 2 is 1.93 bits per heavy atom. The van der Waals surface area contributed by atoms with E-state index in [9.17, 15) is 8.78 Å². The number of halogens is 2. The van der Waals surface area contributed by atoms with Crippen molar-refractivity contribution in [1.82, 2.24) is 0 Å². The average Bonchev–Trinajstić information content (AvgIpc) is 2.10. The molecule has 86 valence electrons. The summed E-state index contributed by atoms with van der Waals surface area (Å²) in [5.74, 6) is -2.53. The summed E-state index contributed by atoms with van der Waals surface area (Å²) in [7, 11) is 0. The Morgan fingerprint density at radius 1 is 1.33 bits per heavy atom. The molecule has 1 spiro atoms. The van der Waals surface area contributed by atoms with Crippen LogP contribution in [-0.4, -0.2) is 23.6 Å². The van der Waals surface area contributed by atoms with Crippen LogP contribution >= 0.6 is 0 Å². The van der Waals surface area contributed by atoms with Gasteiger partial charge in [0.15, 0.2) is 0 Å². The largest absolute Gasteiger partial charge is 0.459 e. The van der Waals surface area contributed by atoms with Crippen molar-refractivity contribution in [2.45, 2.75) is 56.6 Å². The molecular formula is C10H16F2N2O. The van der Waals surface area contributed by atoms with Crippen molar-refractivity contribution < 1.29 is 13.5 Å². The fraction of sp³-hybridized carbons (Fsp3) is 0.900. The van der Waals surface area contributed by atoms with Crippen LogP contribution in [0.3, 0.4) is 0 Å². The lowest BCUT2D eigenvalue weighted by molar-refractivity contribution is -0.106. The first kappa shape index (κ1) is 10.6. The Kier molecular flexibility index (Phi) is 2.35. The van der Waals surface area contributed by atoms with Crippen molar-refractivity contribution in [2.75, 3.05) is 0 Å². The van der Waals surface area contributed by atoms with E-state index >= 15 is 0 Å². The van der Waals surface area contributed by atoms with Crippen LogP contribution in [0.4, 0.5) is 8.78 Å². The van der Waals surface area contributed by atoms with Gasteiger partial charge in [-0.05, 0) is 19.8 Å². The minimum atomic E-state index is -2.53. The SMILES string of the molecule is CC1CC2(CCC(F)(F)CC2)OC(N)=N1. The van der Waals surface area contributed by atoms with Gasteiger partial charge in [-0.3, -0.25) is 0 Å². The van der Waals surface area contributed by atoms with E-state index in [1.54, 1.807) is 0 Å². The summed E-state index contributed by atoms with van der Waals surface area (Å²) >= 11 is 0. The molecule has 0 amide bonds. The van der Waals surface area contributed by atoms with E-state index in [1.807, 2.05) is 6.92 Å². The molecule has 2 rings (SSSR count). The maximum Gasteiger partial charge on any atom is 0.282 e. The summed E-state index contributed by atoms with van der Waals surface area (Å²) < 4.78 is 31.5. The third kappa shape index (κ3) is 2.21. The smallest absolute Gasteiger partial charge is 0.282 e. The van der Waals surface area contributed by atoms with Crippen LogP contribution in [0.1, 0.15) is 39.0 Å². The number of rotatable bonds is 0.